The Morgan fingerprint density at radius 2 is 1.75 bits per heavy atom. The third kappa shape index (κ3) is 3.23. The Balaban J connectivity index is 1.37. The molecule has 2 amide bonds. The number of ether oxygens (including phenoxy) is 1. The molecule has 2 fully saturated rings. The molecular formula is C25H26N4O3. The fourth-order valence-electron chi connectivity index (χ4n) is 4.85. The highest BCUT2D eigenvalue weighted by Gasteiger charge is 2.38. The van der Waals surface area contributed by atoms with E-state index in [1.165, 1.54) is 0 Å². The zero-order valence-electron chi connectivity index (χ0n) is 17.9. The molecule has 1 saturated heterocycles. The van der Waals surface area contributed by atoms with Gasteiger partial charge in [-0.3, -0.25) is 14.5 Å². The fraction of sp³-hybridized carbons (Fsp3) is 0.400. The van der Waals surface area contributed by atoms with Gasteiger partial charge in [-0.25, -0.2) is 4.98 Å². The van der Waals surface area contributed by atoms with E-state index in [0.717, 1.165) is 56.5 Å². The average molecular weight is 431 g/mol. The highest BCUT2D eigenvalue weighted by molar-refractivity contribution is 6.10. The van der Waals surface area contributed by atoms with Crippen molar-refractivity contribution in [3.8, 4) is 5.75 Å². The van der Waals surface area contributed by atoms with Gasteiger partial charge in [0.1, 0.15) is 11.6 Å². The van der Waals surface area contributed by atoms with Crippen LogP contribution in [-0.2, 0) is 4.79 Å². The molecule has 3 aliphatic rings. The van der Waals surface area contributed by atoms with Gasteiger partial charge in [-0.2, -0.15) is 0 Å². The van der Waals surface area contributed by atoms with E-state index < -0.39 is 6.10 Å². The van der Waals surface area contributed by atoms with Gasteiger partial charge in [-0.05, 0) is 56.4 Å². The summed E-state index contributed by atoms with van der Waals surface area (Å²) in [5.41, 5.74) is 1.93. The van der Waals surface area contributed by atoms with Crippen LogP contribution in [0.15, 0.2) is 48.7 Å². The van der Waals surface area contributed by atoms with Crippen molar-refractivity contribution in [3.05, 3.63) is 60.2 Å². The molecule has 32 heavy (non-hydrogen) atoms. The second-order valence-electron chi connectivity index (χ2n) is 8.92. The maximum Gasteiger partial charge on any atom is 0.279 e. The zero-order chi connectivity index (χ0) is 21.7. The summed E-state index contributed by atoms with van der Waals surface area (Å²) in [6.07, 6.45) is 6.67. The molecule has 2 aromatic heterocycles. The van der Waals surface area contributed by atoms with Gasteiger partial charge in [0.2, 0.25) is 0 Å². The zero-order valence-corrected chi connectivity index (χ0v) is 17.9. The molecule has 0 radical (unpaired) electrons. The van der Waals surface area contributed by atoms with E-state index in [9.17, 15) is 9.59 Å². The lowest BCUT2D eigenvalue weighted by Gasteiger charge is -2.37. The number of anilines is 1. The number of likely N-dealkylation sites (tertiary alicyclic amines) is 1. The summed E-state index contributed by atoms with van der Waals surface area (Å²) < 4.78 is 8.13. The topological polar surface area (TPSA) is 67.2 Å². The minimum absolute atomic E-state index is 0.0367. The summed E-state index contributed by atoms with van der Waals surface area (Å²) in [5, 5.41) is 0. The minimum Gasteiger partial charge on any atom is -0.476 e. The molecule has 1 saturated carbocycles. The molecule has 7 nitrogen and oxygen atoms in total. The van der Waals surface area contributed by atoms with E-state index in [4.69, 9.17) is 9.72 Å². The first-order valence-electron chi connectivity index (χ1n) is 11.5. The number of carbonyl (C=O) groups is 2. The molecule has 0 N–H and O–H groups in total. The molecule has 1 aromatic carbocycles. The van der Waals surface area contributed by atoms with Crippen molar-refractivity contribution in [3.63, 3.8) is 0 Å². The fourth-order valence-corrected chi connectivity index (χ4v) is 4.85. The predicted molar refractivity (Wildman–Crippen MR) is 120 cm³/mol. The minimum atomic E-state index is -0.705. The molecule has 164 valence electrons. The lowest BCUT2D eigenvalue weighted by atomic mass is 10.1. The highest BCUT2D eigenvalue weighted by atomic mass is 16.5. The number of nitrogens with zero attached hydrogens (tertiary/aromatic N) is 4. The molecule has 1 atom stereocenters. The molecule has 3 aromatic rings. The number of carbonyl (C=O) groups excluding carboxylic acids is 2. The molecule has 0 bridgehead atoms. The summed E-state index contributed by atoms with van der Waals surface area (Å²) in [5.74, 6) is 1.70. The number of fused-ring (bicyclic) bond motifs is 2. The van der Waals surface area contributed by atoms with Crippen LogP contribution < -0.4 is 9.64 Å². The molecule has 1 aliphatic carbocycles. The Hall–Kier alpha value is -3.35. The van der Waals surface area contributed by atoms with E-state index in [2.05, 4.69) is 0 Å². The normalized spacial score (nSPS) is 20.7. The van der Waals surface area contributed by atoms with Crippen molar-refractivity contribution in [2.75, 3.05) is 24.5 Å². The third-order valence-corrected chi connectivity index (χ3v) is 6.68. The number of rotatable bonds is 3. The maximum atomic E-state index is 13.8. The number of pyridine rings is 1. The molecule has 0 spiro atoms. The summed E-state index contributed by atoms with van der Waals surface area (Å²) in [6.45, 7) is 1.70. The van der Waals surface area contributed by atoms with Crippen LogP contribution in [0.2, 0.25) is 0 Å². The van der Waals surface area contributed by atoms with Crippen LogP contribution in [0.5, 0.6) is 5.75 Å². The van der Waals surface area contributed by atoms with Crippen molar-refractivity contribution >= 4 is 23.0 Å². The first-order chi connectivity index (χ1) is 15.7. The van der Waals surface area contributed by atoms with Crippen LogP contribution in [-0.4, -0.2) is 51.8 Å². The molecule has 6 rings (SSSR count). The van der Waals surface area contributed by atoms with E-state index in [1.54, 1.807) is 4.90 Å². The quantitative estimate of drug-likeness (QED) is 0.636. The molecular weight excluding hydrogens is 404 g/mol. The second-order valence-corrected chi connectivity index (χ2v) is 8.92. The van der Waals surface area contributed by atoms with Crippen LogP contribution in [0.25, 0.3) is 5.52 Å². The molecule has 4 heterocycles. The third-order valence-electron chi connectivity index (χ3n) is 6.68. The van der Waals surface area contributed by atoms with E-state index in [0.29, 0.717) is 23.0 Å². The van der Waals surface area contributed by atoms with Crippen molar-refractivity contribution in [2.45, 2.75) is 44.1 Å². The molecule has 2 aliphatic heterocycles. The van der Waals surface area contributed by atoms with Crippen LogP contribution in [0.4, 0.5) is 5.69 Å². The average Bonchev–Trinajstić information content (AvgIpc) is 3.63. The van der Waals surface area contributed by atoms with Crippen LogP contribution in [0, 0.1) is 0 Å². The van der Waals surface area contributed by atoms with E-state index in [1.807, 2.05) is 58.0 Å². The van der Waals surface area contributed by atoms with E-state index in [-0.39, 0.29) is 18.4 Å². The maximum absolute atomic E-state index is 13.8. The number of hydrogen-bond acceptors (Lipinski definition) is 4. The standard InChI is InChI=1S/C25H26N4O3/c30-24(27-13-5-1-6-14-27)21-16-29(18-8-2-3-10-20(18)32-21)25(31)22-19-9-4-7-15-28(19)23(26-22)17-11-12-17/h2-4,7-10,15,17,21H,1,5-6,11-14,16H2. The Morgan fingerprint density at radius 3 is 2.56 bits per heavy atom. The van der Waals surface area contributed by atoms with Gasteiger partial charge in [-0.1, -0.05) is 18.2 Å². The number of piperidine rings is 1. The van der Waals surface area contributed by atoms with Crippen molar-refractivity contribution in [1.82, 2.24) is 14.3 Å². The summed E-state index contributed by atoms with van der Waals surface area (Å²) in [7, 11) is 0. The highest BCUT2D eigenvalue weighted by Crippen LogP contribution is 2.41. The van der Waals surface area contributed by atoms with E-state index >= 15 is 0 Å². The smallest absolute Gasteiger partial charge is 0.279 e. The number of aromatic nitrogens is 2. The molecule has 1 unspecified atom stereocenters. The Bertz CT molecular complexity index is 1190. The number of amides is 2. The van der Waals surface area contributed by atoms with Gasteiger partial charge in [0.15, 0.2) is 11.8 Å². The van der Waals surface area contributed by atoms with Gasteiger partial charge in [0, 0.05) is 25.2 Å². The lowest BCUT2D eigenvalue weighted by molar-refractivity contribution is -0.139. The monoisotopic (exact) mass is 430 g/mol. The lowest BCUT2D eigenvalue weighted by Crippen LogP contribution is -2.52. The summed E-state index contributed by atoms with van der Waals surface area (Å²) >= 11 is 0. The molecule has 7 heteroatoms. The Kier molecular flexibility index (Phi) is 4.63. The van der Waals surface area contributed by atoms with Crippen LogP contribution >= 0.6 is 0 Å². The van der Waals surface area contributed by atoms with Crippen molar-refractivity contribution in [2.24, 2.45) is 0 Å². The first-order valence-corrected chi connectivity index (χ1v) is 11.5. The number of imidazole rings is 1. The summed E-state index contributed by atoms with van der Waals surface area (Å²) in [4.78, 5) is 35.4. The van der Waals surface area contributed by atoms with Crippen molar-refractivity contribution in [1.29, 1.82) is 0 Å². The van der Waals surface area contributed by atoms with Gasteiger partial charge < -0.3 is 14.0 Å². The Labute approximate surface area is 186 Å². The van der Waals surface area contributed by atoms with Crippen LogP contribution in [0.1, 0.15) is 54.3 Å². The predicted octanol–water partition coefficient (Wildman–Crippen LogP) is 3.63. The number of para-hydroxylation sites is 2. The second kappa shape index (κ2) is 7.65. The van der Waals surface area contributed by atoms with Gasteiger partial charge in [0.25, 0.3) is 11.8 Å². The summed E-state index contributed by atoms with van der Waals surface area (Å²) in [6, 6.07) is 13.3. The number of hydrogen-bond donors (Lipinski definition) is 0. The van der Waals surface area contributed by atoms with Crippen molar-refractivity contribution < 1.29 is 14.3 Å². The SMILES string of the molecule is O=C(C1CN(C(=O)c2nc(C3CC3)n3ccccc23)c2ccccc2O1)N1CCCCC1. The van der Waals surface area contributed by atoms with Gasteiger partial charge in [0.05, 0.1) is 17.7 Å². The largest absolute Gasteiger partial charge is 0.476 e. The van der Waals surface area contributed by atoms with Crippen LogP contribution in [0.3, 0.4) is 0 Å². The number of benzene rings is 1. The van der Waals surface area contributed by atoms with Gasteiger partial charge in [-0.15, -0.1) is 0 Å². The van der Waals surface area contributed by atoms with Gasteiger partial charge >= 0.3 is 0 Å². The Morgan fingerprint density at radius 1 is 0.969 bits per heavy atom. The first kappa shape index (κ1) is 19.3.